The van der Waals surface area contributed by atoms with Gasteiger partial charge in [0.15, 0.2) is 0 Å². The third kappa shape index (κ3) is 11.6. The van der Waals surface area contributed by atoms with Crippen LogP contribution in [0.1, 0.15) is 91.9 Å². The van der Waals surface area contributed by atoms with Gasteiger partial charge in [-0.3, -0.25) is 9.59 Å². The second-order valence-corrected chi connectivity index (χ2v) is 13.5. The minimum absolute atomic E-state index is 0.0319. The average molecular weight is 531 g/mol. The van der Waals surface area contributed by atoms with Crippen molar-refractivity contribution in [3.05, 3.63) is 0 Å². The van der Waals surface area contributed by atoms with Gasteiger partial charge >= 0.3 is 11.9 Å². The molecule has 0 aliphatic carbocycles. The molecule has 0 saturated heterocycles. The van der Waals surface area contributed by atoms with Gasteiger partial charge in [0.25, 0.3) is 0 Å². The van der Waals surface area contributed by atoms with Crippen molar-refractivity contribution >= 4 is 74.2 Å². The van der Waals surface area contributed by atoms with E-state index in [-0.39, 0.29) is 21.0 Å². The topological polar surface area (TPSA) is 74.6 Å². The molecule has 0 aromatic carbocycles. The van der Waals surface area contributed by atoms with Gasteiger partial charge in [-0.25, -0.2) is 0 Å². The number of unbranched alkanes of at least 4 members (excludes halogenated alkanes) is 2. The first-order chi connectivity index (χ1) is 14.3. The zero-order valence-electron chi connectivity index (χ0n) is 19.3. The molecule has 6 unspecified atom stereocenters. The highest BCUT2D eigenvalue weighted by Crippen LogP contribution is 2.44. The molecule has 0 rings (SSSR count). The molecule has 0 saturated carbocycles. The van der Waals surface area contributed by atoms with Crippen molar-refractivity contribution in [3.8, 4) is 0 Å². The number of thiol groups is 4. The van der Waals surface area contributed by atoms with Crippen LogP contribution >= 0.6 is 62.3 Å². The quantitative estimate of drug-likeness (QED) is 0.114. The standard InChI is InChI=1S/C22H42O4S5/c1-5-7-9-15(27)17(29)11-13-21(3,19(23)24)31-22(4,20(25)26)14-12-18(30)16(28)10-8-6-2/h15-18,27-30H,5-14H2,1-4H3,(H,23,24)(H,25,26). The number of carboxylic acid groups (broad SMARTS) is 2. The fourth-order valence-electron chi connectivity index (χ4n) is 3.34. The van der Waals surface area contributed by atoms with Gasteiger partial charge in [0.2, 0.25) is 0 Å². The van der Waals surface area contributed by atoms with E-state index >= 15 is 0 Å². The molecule has 0 amide bonds. The molecule has 0 bridgehead atoms. The zero-order chi connectivity index (χ0) is 24.2. The number of hydrogen-bond donors (Lipinski definition) is 6. The molecule has 0 radical (unpaired) electrons. The Morgan fingerprint density at radius 1 is 0.710 bits per heavy atom. The predicted molar refractivity (Wildman–Crippen MR) is 148 cm³/mol. The maximum atomic E-state index is 12.2. The van der Waals surface area contributed by atoms with Crippen molar-refractivity contribution in [2.24, 2.45) is 0 Å². The predicted octanol–water partition coefficient (Wildman–Crippen LogP) is 6.54. The van der Waals surface area contributed by atoms with Gasteiger partial charge in [-0.2, -0.15) is 50.5 Å². The Bertz CT molecular complexity index is 504. The van der Waals surface area contributed by atoms with Crippen LogP contribution in [0.25, 0.3) is 0 Å². The fourth-order valence-corrected chi connectivity index (χ4v) is 6.17. The van der Waals surface area contributed by atoms with Crippen molar-refractivity contribution in [2.75, 3.05) is 0 Å². The largest absolute Gasteiger partial charge is 0.480 e. The molecule has 6 atom stereocenters. The summed E-state index contributed by atoms with van der Waals surface area (Å²) in [6.45, 7) is 7.49. The second kappa shape index (κ2) is 15.6. The van der Waals surface area contributed by atoms with E-state index in [2.05, 4.69) is 64.4 Å². The summed E-state index contributed by atoms with van der Waals surface area (Å²) in [4.78, 5) is 24.3. The first-order valence-corrected chi connectivity index (χ1v) is 14.1. The summed E-state index contributed by atoms with van der Waals surface area (Å²) in [6.07, 6.45) is 7.95. The lowest BCUT2D eigenvalue weighted by Gasteiger charge is -2.35. The normalized spacial score (nSPS) is 19.6. The lowest BCUT2D eigenvalue weighted by atomic mass is 9.99. The van der Waals surface area contributed by atoms with Crippen molar-refractivity contribution in [1.29, 1.82) is 0 Å². The summed E-state index contributed by atoms with van der Waals surface area (Å²) in [5.41, 5.74) is 0. The van der Waals surface area contributed by atoms with Gasteiger partial charge in [-0.05, 0) is 52.4 Å². The molecule has 9 heteroatoms. The maximum absolute atomic E-state index is 12.2. The van der Waals surface area contributed by atoms with Crippen LogP contribution in [-0.2, 0) is 9.59 Å². The maximum Gasteiger partial charge on any atom is 0.319 e. The van der Waals surface area contributed by atoms with Crippen LogP contribution in [-0.4, -0.2) is 52.6 Å². The SMILES string of the molecule is CCCCC(S)C(S)CCC(C)(SC(C)(CCC(S)C(S)CCCC)C(=O)O)C(=O)O. The lowest BCUT2D eigenvalue weighted by Crippen LogP contribution is -2.43. The van der Waals surface area contributed by atoms with Crippen LogP contribution in [0, 0.1) is 0 Å². The summed E-state index contributed by atoms with van der Waals surface area (Å²) >= 11 is 19.5. The summed E-state index contributed by atoms with van der Waals surface area (Å²) in [7, 11) is 0. The van der Waals surface area contributed by atoms with Crippen LogP contribution in [0.15, 0.2) is 0 Å². The molecule has 184 valence electrons. The van der Waals surface area contributed by atoms with Crippen molar-refractivity contribution in [3.63, 3.8) is 0 Å². The second-order valence-electron chi connectivity index (χ2n) is 8.81. The van der Waals surface area contributed by atoms with Gasteiger partial charge in [0, 0.05) is 21.0 Å². The summed E-state index contributed by atoms with van der Waals surface area (Å²) in [5, 5.41) is 20.0. The Balaban J connectivity index is 5.18. The molecule has 4 nitrogen and oxygen atoms in total. The molecular formula is C22H42O4S5. The lowest BCUT2D eigenvalue weighted by molar-refractivity contribution is -0.139. The average Bonchev–Trinajstić information content (AvgIpc) is 2.71. The molecule has 0 aromatic rings. The molecule has 31 heavy (non-hydrogen) atoms. The number of hydrogen-bond acceptors (Lipinski definition) is 7. The van der Waals surface area contributed by atoms with E-state index in [9.17, 15) is 19.8 Å². The molecule has 0 fully saturated rings. The third-order valence-electron chi connectivity index (χ3n) is 5.78. The van der Waals surface area contributed by atoms with Crippen molar-refractivity contribution in [2.45, 2.75) is 122 Å². The van der Waals surface area contributed by atoms with Crippen LogP contribution in [0.3, 0.4) is 0 Å². The van der Waals surface area contributed by atoms with Crippen LogP contribution < -0.4 is 0 Å². The van der Waals surface area contributed by atoms with E-state index in [1.807, 2.05) is 0 Å². The molecule has 0 heterocycles. The van der Waals surface area contributed by atoms with Gasteiger partial charge in [0.1, 0.15) is 9.49 Å². The third-order valence-corrected chi connectivity index (χ3v) is 10.4. The zero-order valence-corrected chi connectivity index (χ0v) is 23.7. The molecule has 0 spiro atoms. The van der Waals surface area contributed by atoms with E-state index in [0.717, 1.165) is 50.3 Å². The molecule has 0 aliphatic heterocycles. The van der Waals surface area contributed by atoms with Gasteiger partial charge in [0.05, 0.1) is 0 Å². The summed E-state index contributed by atoms with van der Waals surface area (Å²) in [5.74, 6) is -1.99. The smallest absolute Gasteiger partial charge is 0.319 e. The highest BCUT2D eigenvalue weighted by Gasteiger charge is 2.46. The Hall–Kier alpha value is 0.690. The minimum Gasteiger partial charge on any atom is -0.480 e. The highest BCUT2D eigenvalue weighted by atomic mass is 32.2. The van der Waals surface area contributed by atoms with Gasteiger partial charge in [-0.1, -0.05) is 39.5 Å². The van der Waals surface area contributed by atoms with Crippen molar-refractivity contribution in [1.82, 2.24) is 0 Å². The van der Waals surface area contributed by atoms with Crippen LogP contribution in [0.5, 0.6) is 0 Å². The Labute approximate surface area is 215 Å². The number of rotatable bonds is 18. The number of carboxylic acids is 2. The Morgan fingerprint density at radius 2 is 1.00 bits per heavy atom. The van der Waals surface area contributed by atoms with Crippen LogP contribution in [0.2, 0.25) is 0 Å². The van der Waals surface area contributed by atoms with E-state index in [1.165, 1.54) is 0 Å². The number of carbonyl (C=O) groups is 2. The molecule has 2 N–H and O–H groups in total. The van der Waals surface area contributed by atoms with Crippen LogP contribution in [0.4, 0.5) is 0 Å². The number of thioether (sulfide) groups is 1. The molecule has 0 aliphatic rings. The van der Waals surface area contributed by atoms with E-state index in [4.69, 9.17) is 0 Å². The Kier molecular flexibility index (Phi) is 15.9. The minimum atomic E-state index is -1.22. The first-order valence-electron chi connectivity index (χ1n) is 11.2. The fraction of sp³-hybridized carbons (Fsp3) is 0.909. The van der Waals surface area contributed by atoms with Gasteiger partial charge in [-0.15, -0.1) is 11.8 Å². The summed E-state index contributed by atoms with van der Waals surface area (Å²) < 4.78 is -2.44. The molecular weight excluding hydrogens is 489 g/mol. The first kappa shape index (κ1) is 31.7. The highest BCUT2D eigenvalue weighted by molar-refractivity contribution is 8.03. The number of aliphatic carboxylic acids is 2. The summed E-state index contributed by atoms with van der Waals surface area (Å²) in [6, 6.07) is 0. The van der Waals surface area contributed by atoms with Crippen molar-refractivity contribution < 1.29 is 19.8 Å². The monoisotopic (exact) mass is 530 g/mol. The van der Waals surface area contributed by atoms with E-state index < -0.39 is 21.4 Å². The van der Waals surface area contributed by atoms with E-state index in [1.54, 1.807) is 13.8 Å². The van der Waals surface area contributed by atoms with Gasteiger partial charge < -0.3 is 10.2 Å². The molecule has 0 aromatic heterocycles. The van der Waals surface area contributed by atoms with E-state index in [0.29, 0.717) is 25.7 Å². The Morgan fingerprint density at radius 3 is 1.26 bits per heavy atom.